The molecule has 1 aromatic carbocycles. The first-order chi connectivity index (χ1) is 8.13. The van der Waals surface area contributed by atoms with Crippen molar-refractivity contribution in [2.75, 3.05) is 25.0 Å². The lowest BCUT2D eigenvalue weighted by molar-refractivity contribution is -0.138. The molecule has 0 unspecified atom stereocenters. The number of aliphatic hydroxyl groups is 1. The second-order valence-electron chi connectivity index (χ2n) is 3.83. The van der Waals surface area contributed by atoms with Crippen molar-refractivity contribution >= 4 is 27.5 Å². The Bertz CT molecular complexity index is 396. The van der Waals surface area contributed by atoms with E-state index in [-0.39, 0.29) is 19.1 Å². The number of benzene rings is 1. The Kier molecular flexibility index (Phi) is 4.11. The molecule has 1 fully saturated rings. The van der Waals surface area contributed by atoms with Crippen molar-refractivity contribution in [2.45, 2.75) is 6.10 Å². The van der Waals surface area contributed by atoms with Gasteiger partial charge in [0.15, 0.2) is 0 Å². The van der Waals surface area contributed by atoms with Crippen LogP contribution in [0.1, 0.15) is 0 Å². The monoisotopic (exact) mass is 300 g/mol. The number of rotatable bonds is 3. The summed E-state index contributed by atoms with van der Waals surface area (Å²) in [6.45, 7) is 0.743. The molecule has 1 saturated heterocycles. The van der Waals surface area contributed by atoms with Crippen molar-refractivity contribution in [1.82, 2.24) is 5.06 Å². The van der Waals surface area contributed by atoms with E-state index in [2.05, 4.69) is 21.2 Å². The van der Waals surface area contributed by atoms with Crippen LogP contribution in [-0.2, 0) is 9.63 Å². The molecular formula is C11H13BrN2O3. The smallest absolute Gasteiger partial charge is 0.240 e. The first-order valence-corrected chi connectivity index (χ1v) is 6.04. The van der Waals surface area contributed by atoms with Crippen LogP contribution in [-0.4, -0.2) is 41.9 Å². The molecule has 2 N–H and O–H groups in total. The molecule has 17 heavy (non-hydrogen) atoms. The lowest BCUT2D eigenvalue weighted by Crippen LogP contribution is -2.31. The number of aliphatic hydroxyl groups excluding tert-OH is 1. The van der Waals surface area contributed by atoms with E-state index in [1.54, 1.807) is 0 Å². The molecule has 1 aromatic rings. The fourth-order valence-electron chi connectivity index (χ4n) is 1.54. The second kappa shape index (κ2) is 5.59. The van der Waals surface area contributed by atoms with E-state index in [1.165, 1.54) is 5.06 Å². The average Bonchev–Trinajstić information content (AvgIpc) is 2.67. The molecule has 1 amide bonds. The topological polar surface area (TPSA) is 61.8 Å². The molecule has 5 nitrogen and oxygen atoms in total. The molecule has 0 aromatic heterocycles. The van der Waals surface area contributed by atoms with Crippen molar-refractivity contribution in [2.24, 2.45) is 0 Å². The number of carbonyl (C=O) groups excluding carboxylic acids is 1. The maximum Gasteiger partial charge on any atom is 0.240 e. The Balaban J connectivity index is 1.83. The maximum atomic E-state index is 11.6. The highest BCUT2D eigenvalue weighted by Crippen LogP contribution is 2.14. The number of halogens is 1. The van der Waals surface area contributed by atoms with Gasteiger partial charge in [-0.05, 0) is 24.3 Å². The minimum Gasteiger partial charge on any atom is -0.389 e. The number of hydrogen-bond donors (Lipinski definition) is 2. The summed E-state index contributed by atoms with van der Waals surface area (Å²) in [6.07, 6.45) is -0.504. The molecule has 1 atom stereocenters. The summed E-state index contributed by atoms with van der Waals surface area (Å²) in [6, 6.07) is 7.32. The molecule has 92 valence electrons. The zero-order chi connectivity index (χ0) is 12.3. The number of nitrogens with one attached hydrogen (secondary N) is 1. The third-order valence-corrected chi connectivity index (χ3v) is 2.84. The minimum absolute atomic E-state index is 0.118. The van der Waals surface area contributed by atoms with E-state index in [0.29, 0.717) is 6.54 Å². The van der Waals surface area contributed by atoms with Crippen LogP contribution in [0.5, 0.6) is 0 Å². The van der Waals surface area contributed by atoms with Gasteiger partial charge in [0, 0.05) is 10.2 Å². The lowest BCUT2D eigenvalue weighted by atomic mass is 10.3. The van der Waals surface area contributed by atoms with Crippen LogP contribution in [0.3, 0.4) is 0 Å². The zero-order valence-electron chi connectivity index (χ0n) is 9.10. The van der Waals surface area contributed by atoms with Crippen LogP contribution < -0.4 is 5.32 Å². The summed E-state index contributed by atoms with van der Waals surface area (Å²) in [7, 11) is 0. The van der Waals surface area contributed by atoms with Gasteiger partial charge in [-0.3, -0.25) is 9.63 Å². The van der Waals surface area contributed by atoms with Gasteiger partial charge < -0.3 is 10.4 Å². The molecule has 1 aliphatic rings. The van der Waals surface area contributed by atoms with Crippen LogP contribution in [0.25, 0.3) is 0 Å². The van der Waals surface area contributed by atoms with Gasteiger partial charge in [-0.15, -0.1) is 0 Å². The number of hydrogen-bond acceptors (Lipinski definition) is 4. The number of β-amino-alcohol motifs (C(OH)–C–C–N with tert-alkyl or cyclic N) is 1. The van der Waals surface area contributed by atoms with Crippen molar-refractivity contribution in [3.05, 3.63) is 28.7 Å². The van der Waals surface area contributed by atoms with Crippen LogP contribution in [0.2, 0.25) is 0 Å². The van der Waals surface area contributed by atoms with E-state index in [4.69, 9.17) is 4.84 Å². The Labute approximate surface area is 107 Å². The molecular weight excluding hydrogens is 288 g/mol. The number of nitrogens with zero attached hydrogens (tertiary/aromatic N) is 1. The summed E-state index contributed by atoms with van der Waals surface area (Å²) in [5.74, 6) is -0.165. The second-order valence-corrected chi connectivity index (χ2v) is 4.74. The van der Waals surface area contributed by atoms with Crippen LogP contribution in [0, 0.1) is 0 Å². The van der Waals surface area contributed by atoms with Gasteiger partial charge in [0.1, 0.15) is 6.54 Å². The molecule has 0 aliphatic carbocycles. The number of anilines is 1. The normalized spacial score (nSPS) is 20.5. The SMILES string of the molecule is O=C(CN1C[C@@H](O)CO1)Nc1ccc(Br)cc1. The number of hydroxylamine groups is 2. The highest BCUT2D eigenvalue weighted by atomic mass is 79.9. The Hall–Kier alpha value is -0.950. The summed E-state index contributed by atoms with van der Waals surface area (Å²) < 4.78 is 0.960. The number of amides is 1. The van der Waals surface area contributed by atoms with Gasteiger partial charge in [0.2, 0.25) is 5.91 Å². The highest BCUT2D eigenvalue weighted by Gasteiger charge is 2.23. The molecule has 1 heterocycles. The highest BCUT2D eigenvalue weighted by molar-refractivity contribution is 9.10. The Morgan fingerprint density at radius 3 is 2.82 bits per heavy atom. The largest absolute Gasteiger partial charge is 0.389 e. The molecule has 6 heteroatoms. The van der Waals surface area contributed by atoms with Gasteiger partial charge >= 0.3 is 0 Å². The fraction of sp³-hybridized carbons (Fsp3) is 0.364. The van der Waals surface area contributed by atoms with Gasteiger partial charge in [0.05, 0.1) is 19.3 Å². The third-order valence-electron chi connectivity index (χ3n) is 2.31. The van der Waals surface area contributed by atoms with E-state index in [0.717, 1.165) is 10.2 Å². The summed E-state index contributed by atoms with van der Waals surface area (Å²) >= 11 is 3.32. The van der Waals surface area contributed by atoms with Crippen molar-refractivity contribution < 1.29 is 14.7 Å². The van der Waals surface area contributed by atoms with Crippen LogP contribution >= 0.6 is 15.9 Å². The van der Waals surface area contributed by atoms with Gasteiger partial charge in [-0.25, -0.2) is 0 Å². The molecule has 1 aliphatic heterocycles. The van der Waals surface area contributed by atoms with E-state index < -0.39 is 6.10 Å². The Morgan fingerprint density at radius 1 is 1.53 bits per heavy atom. The van der Waals surface area contributed by atoms with Gasteiger partial charge in [-0.2, -0.15) is 5.06 Å². The molecule has 0 bridgehead atoms. The summed E-state index contributed by atoms with van der Waals surface area (Å²) in [5, 5.41) is 13.4. The van der Waals surface area contributed by atoms with E-state index in [9.17, 15) is 9.90 Å². The first kappa shape index (κ1) is 12.5. The Morgan fingerprint density at radius 2 is 2.24 bits per heavy atom. The predicted molar refractivity (Wildman–Crippen MR) is 66.3 cm³/mol. The zero-order valence-corrected chi connectivity index (χ0v) is 10.7. The molecule has 0 radical (unpaired) electrons. The van der Waals surface area contributed by atoms with E-state index >= 15 is 0 Å². The maximum absolute atomic E-state index is 11.6. The average molecular weight is 301 g/mol. The molecule has 0 spiro atoms. The minimum atomic E-state index is -0.504. The standard InChI is InChI=1S/C11H13BrN2O3/c12-8-1-3-9(4-2-8)13-11(16)6-14-5-10(15)7-17-14/h1-4,10,15H,5-7H2,(H,13,16)/t10-/m1/s1. The summed E-state index contributed by atoms with van der Waals surface area (Å²) in [5.41, 5.74) is 0.734. The fourth-order valence-corrected chi connectivity index (χ4v) is 1.80. The molecule has 0 saturated carbocycles. The van der Waals surface area contributed by atoms with Crippen molar-refractivity contribution in [1.29, 1.82) is 0 Å². The molecule has 2 rings (SSSR count). The van der Waals surface area contributed by atoms with Crippen molar-refractivity contribution in [3.8, 4) is 0 Å². The predicted octanol–water partition coefficient (Wildman–Crippen LogP) is 0.996. The quantitative estimate of drug-likeness (QED) is 0.874. The lowest BCUT2D eigenvalue weighted by Gasteiger charge is -2.13. The third kappa shape index (κ3) is 3.78. The van der Waals surface area contributed by atoms with Gasteiger partial charge in [-0.1, -0.05) is 15.9 Å². The van der Waals surface area contributed by atoms with Gasteiger partial charge in [0.25, 0.3) is 0 Å². The number of carbonyl (C=O) groups is 1. The van der Waals surface area contributed by atoms with Crippen molar-refractivity contribution in [3.63, 3.8) is 0 Å². The first-order valence-electron chi connectivity index (χ1n) is 5.25. The van der Waals surface area contributed by atoms with Crippen LogP contribution in [0.15, 0.2) is 28.7 Å². The summed E-state index contributed by atoms with van der Waals surface area (Å²) in [4.78, 5) is 16.7. The van der Waals surface area contributed by atoms with Crippen LogP contribution in [0.4, 0.5) is 5.69 Å². The van der Waals surface area contributed by atoms with E-state index in [1.807, 2.05) is 24.3 Å².